The summed E-state index contributed by atoms with van der Waals surface area (Å²) < 4.78 is 21.0. The molecule has 186 valence electrons. The number of hydrogen-bond donors (Lipinski definition) is 1. The third kappa shape index (κ3) is 5.19. The Kier molecular flexibility index (Phi) is 6.88. The summed E-state index contributed by atoms with van der Waals surface area (Å²) >= 11 is 0. The lowest BCUT2D eigenvalue weighted by Crippen LogP contribution is -2.65. The zero-order valence-electron chi connectivity index (χ0n) is 20.5. The Balaban J connectivity index is 1.32. The average Bonchev–Trinajstić information content (AvgIpc) is 2.90. The van der Waals surface area contributed by atoms with Crippen LogP contribution in [0, 0.1) is 18.7 Å². The van der Waals surface area contributed by atoms with E-state index in [0.29, 0.717) is 34.7 Å². The summed E-state index contributed by atoms with van der Waals surface area (Å²) in [7, 11) is 0. The molecule has 3 aliphatic rings. The number of benzene rings is 3. The zero-order valence-corrected chi connectivity index (χ0v) is 20.5. The molecule has 6 heteroatoms. The van der Waals surface area contributed by atoms with Gasteiger partial charge in [-0.2, -0.15) is 0 Å². The van der Waals surface area contributed by atoms with Crippen LogP contribution in [-0.4, -0.2) is 48.5 Å². The summed E-state index contributed by atoms with van der Waals surface area (Å²) in [5.74, 6) is -0.277. The molecule has 3 fully saturated rings. The number of ether oxygens (including phenoxy) is 1. The van der Waals surface area contributed by atoms with Crippen LogP contribution in [0.15, 0.2) is 78.9 Å². The van der Waals surface area contributed by atoms with E-state index in [1.807, 2.05) is 60.7 Å². The van der Waals surface area contributed by atoms with Gasteiger partial charge < -0.3 is 14.5 Å². The van der Waals surface area contributed by atoms with Gasteiger partial charge >= 0.3 is 5.97 Å². The number of anilines is 1. The van der Waals surface area contributed by atoms with Crippen LogP contribution >= 0.6 is 0 Å². The van der Waals surface area contributed by atoms with Gasteiger partial charge in [0.25, 0.3) is 0 Å². The van der Waals surface area contributed by atoms with E-state index in [1.54, 1.807) is 19.1 Å². The zero-order chi connectivity index (χ0) is 25.1. The normalized spacial score (nSPS) is 23.6. The molecule has 36 heavy (non-hydrogen) atoms. The van der Waals surface area contributed by atoms with Gasteiger partial charge in [0.2, 0.25) is 5.78 Å². The summed E-state index contributed by atoms with van der Waals surface area (Å²) in [4.78, 5) is 26.5. The van der Waals surface area contributed by atoms with E-state index in [4.69, 9.17) is 4.74 Å². The lowest BCUT2D eigenvalue weighted by molar-refractivity contribution is -0.938. The van der Waals surface area contributed by atoms with Gasteiger partial charge in [-0.1, -0.05) is 66.7 Å². The van der Waals surface area contributed by atoms with Gasteiger partial charge in [0, 0.05) is 30.0 Å². The first kappa shape index (κ1) is 24.2. The van der Waals surface area contributed by atoms with Gasteiger partial charge in [-0.05, 0) is 30.2 Å². The van der Waals surface area contributed by atoms with Gasteiger partial charge in [-0.15, -0.1) is 0 Å². The van der Waals surface area contributed by atoms with Crippen molar-refractivity contribution in [3.8, 4) is 0 Å². The van der Waals surface area contributed by atoms with Crippen molar-refractivity contribution in [3.63, 3.8) is 0 Å². The second-order valence-electron chi connectivity index (χ2n) is 10.2. The Bertz CT molecular complexity index is 1220. The van der Waals surface area contributed by atoms with Crippen LogP contribution in [0.5, 0.6) is 0 Å². The van der Waals surface area contributed by atoms with Crippen molar-refractivity contribution >= 4 is 17.4 Å². The number of piperidine rings is 3. The number of esters is 1. The molecule has 1 unspecified atom stereocenters. The molecule has 0 radical (unpaired) electrons. The number of nitrogens with zero attached hydrogens (tertiary/aromatic N) is 1. The number of hydrogen-bond acceptors (Lipinski definition) is 4. The largest absolute Gasteiger partial charge is 0.454 e. The second-order valence-corrected chi connectivity index (χ2v) is 10.2. The number of rotatable bonds is 8. The minimum atomic E-state index is -0.761. The van der Waals surface area contributed by atoms with Gasteiger partial charge in [0.15, 0.2) is 12.1 Å². The fourth-order valence-electron chi connectivity index (χ4n) is 5.59. The number of Topliss-reactive ketones (excluding diaryl/α,β-unsaturated/α-hetero) is 1. The Morgan fingerprint density at radius 3 is 2.33 bits per heavy atom. The van der Waals surface area contributed by atoms with Gasteiger partial charge in [0.1, 0.15) is 18.9 Å². The van der Waals surface area contributed by atoms with Gasteiger partial charge in [0.05, 0.1) is 13.1 Å². The first-order valence-corrected chi connectivity index (χ1v) is 12.6. The number of ketones is 1. The minimum Gasteiger partial charge on any atom is -0.454 e. The van der Waals surface area contributed by atoms with Gasteiger partial charge in [-0.3, -0.25) is 4.79 Å². The van der Waals surface area contributed by atoms with Crippen LogP contribution in [0.4, 0.5) is 10.1 Å². The van der Waals surface area contributed by atoms with Crippen LogP contribution < -0.4 is 5.32 Å². The second kappa shape index (κ2) is 10.2. The van der Waals surface area contributed by atoms with E-state index < -0.39 is 6.04 Å². The minimum absolute atomic E-state index is 0.131. The SMILES string of the molecule is Cc1ccc(NC(C(=O)O[C@H]2C[N+]3(CC(=O)c4ccccc4)CCC2CC3)c2ccccc2)cc1F. The molecule has 3 aromatic rings. The van der Waals surface area contributed by atoms with E-state index >= 15 is 0 Å². The molecular formula is C30H32FN2O3+. The first-order valence-electron chi connectivity index (χ1n) is 12.6. The van der Waals surface area contributed by atoms with Crippen molar-refractivity contribution in [2.24, 2.45) is 5.92 Å². The maximum Gasteiger partial charge on any atom is 0.333 e. The molecule has 0 spiro atoms. The van der Waals surface area contributed by atoms with Crippen LogP contribution in [0.1, 0.15) is 40.4 Å². The summed E-state index contributed by atoms with van der Waals surface area (Å²) in [5, 5.41) is 3.19. The van der Waals surface area contributed by atoms with E-state index in [0.717, 1.165) is 37.1 Å². The highest BCUT2D eigenvalue weighted by atomic mass is 19.1. The Labute approximate surface area is 211 Å². The number of aryl methyl sites for hydroxylation is 1. The fourth-order valence-corrected chi connectivity index (χ4v) is 5.59. The standard InChI is InChI=1S/C30H32FN2O3/c1-21-12-13-25(18-26(21)31)32-29(24-10-6-3-7-11-24)30(35)36-28-20-33(16-14-23(28)15-17-33)19-27(34)22-8-4-2-5-9-22/h2-13,18,23,28-29,32H,14-17,19-20H2,1H3/q+1/t23?,28-,29?,33?/m0/s1. The van der Waals surface area contributed by atoms with Crippen molar-refractivity contribution in [1.82, 2.24) is 0 Å². The summed E-state index contributed by atoms with van der Waals surface area (Å²) in [6, 6.07) is 22.9. The highest BCUT2D eigenvalue weighted by molar-refractivity contribution is 5.97. The maximum absolute atomic E-state index is 14.2. The molecule has 0 aliphatic carbocycles. The van der Waals surface area contributed by atoms with Crippen LogP contribution in [0.25, 0.3) is 0 Å². The Morgan fingerprint density at radius 2 is 1.67 bits per heavy atom. The molecule has 3 heterocycles. The third-order valence-electron chi connectivity index (χ3n) is 7.74. The monoisotopic (exact) mass is 487 g/mol. The van der Waals surface area contributed by atoms with E-state index in [2.05, 4.69) is 5.32 Å². The molecule has 1 N–H and O–H groups in total. The van der Waals surface area contributed by atoms with Crippen LogP contribution in [0.2, 0.25) is 0 Å². The average molecular weight is 488 g/mol. The van der Waals surface area contributed by atoms with Crippen molar-refractivity contribution in [2.75, 3.05) is 31.5 Å². The van der Waals surface area contributed by atoms with E-state index in [1.165, 1.54) is 6.07 Å². The third-order valence-corrected chi connectivity index (χ3v) is 7.74. The molecule has 0 aromatic heterocycles. The summed E-state index contributed by atoms with van der Waals surface area (Å²) in [5.41, 5.74) is 2.55. The summed E-state index contributed by atoms with van der Waals surface area (Å²) in [6.07, 6.45) is 1.63. The summed E-state index contributed by atoms with van der Waals surface area (Å²) in [6.45, 7) is 4.64. The molecule has 3 aromatic carbocycles. The molecule has 2 bridgehead atoms. The van der Waals surface area contributed by atoms with Crippen LogP contribution in [0.3, 0.4) is 0 Å². The lowest BCUT2D eigenvalue weighted by Gasteiger charge is -2.51. The van der Waals surface area contributed by atoms with Crippen molar-refractivity contribution in [3.05, 3.63) is 101 Å². The van der Waals surface area contributed by atoms with Crippen molar-refractivity contribution < 1.29 is 23.2 Å². The number of quaternary nitrogens is 1. The van der Waals surface area contributed by atoms with E-state index in [-0.39, 0.29) is 23.7 Å². The molecule has 3 saturated heterocycles. The van der Waals surface area contributed by atoms with Crippen molar-refractivity contribution in [1.29, 1.82) is 0 Å². The Morgan fingerprint density at radius 1 is 1.00 bits per heavy atom. The number of carbonyl (C=O) groups is 2. The lowest BCUT2D eigenvalue weighted by atomic mass is 9.82. The van der Waals surface area contributed by atoms with E-state index in [9.17, 15) is 14.0 Å². The molecule has 0 saturated carbocycles. The number of halogens is 1. The first-order chi connectivity index (χ1) is 17.4. The van der Waals surface area contributed by atoms with Gasteiger partial charge in [-0.25, -0.2) is 9.18 Å². The molecule has 5 nitrogen and oxygen atoms in total. The molecule has 2 atom stereocenters. The predicted octanol–water partition coefficient (Wildman–Crippen LogP) is 5.32. The smallest absolute Gasteiger partial charge is 0.333 e. The highest BCUT2D eigenvalue weighted by Gasteiger charge is 2.49. The molecule has 6 rings (SSSR count). The quantitative estimate of drug-likeness (QED) is 0.265. The highest BCUT2D eigenvalue weighted by Crippen LogP contribution is 2.37. The fraction of sp³-hybridized carbons (Fsp3) is 0.333. The number of nitrogens with one attached hydrogen (secondary N) is 1. The number of fused-ring (bicyclic) bond motifs is 3. The van der Waals surface area contributed by atoms with Crippen LogP contribution in [-0.2, 0) is 9.53 Å². The van der Waals surface area contributed by atoms with Crippen molar-refractivity contribution in [2.45, 2.75) is 31.9 Å². The topological polar surface area (TPSA) is 55.4 Å². The Hall–Kier alpha value is -3.51. The predicted molar refractivity (Wildman–Crippen MR) is 137 cm³/mol. The molecule has 0 amide bonds. The maximum atomic E-state index is 14.2. The molecular weight excluding hydrogens is 455 g/mol. The molecule has 3 aliphatic heterocycles. The number of carbonyl (C=O) groups excluding carboxylic acids is 2.